The zero-order chi connectivity index (χ0) is 14.5. The molecule has 0 unspecified atom stereocenters. The van der Waals surface area contributed by atoms with Crippen LogP contribution in [0.2, 0.25) is 0 Å². The number of rotatable bonds is 4. The van der Waals surface area contributed by atoms with Gasteiger partial charge in [-0.25, -0.2) is 0 Å². The van der Waals surface area contributed by atoms with Gasteiger partial charge in [0.25, 0.3) is 0 Å². The summed E-state index contributed by atoms with van der Waals surface area (Å²) >= 11 is 0. The zero-order valence-electron chi connectivity index (χ0n) is 11.9. The highest BCUT2D eigenvalue weighted by molar-refractivity contribution is 5.68. The lowest BCUT2D eigenvalue weighted by Crippen LogP contribution is -2.00. The van der Waals surface area contributed by atoms with E-state index in [1.807, 2.05) is 44.2 Å². The number of methoxy groups -OCH3 is 1. The number of hydrogen-bond acceptors (Lipinski definition) is 4. The number of ether oxygens (including phenoxy) is 1. The number of nitrogens with one attached hydrogen (secondary N) is 1. The molecule has 20 heavy (non-hydrogen) atoms. The third-order valence-electron chi connectivity index (χ3n) is 2.96. The third kappa shape index (κ3) is 3.14. The summed E-state index contributed by atoms with van der Waals surface area (Å²) in [6.45, 7) is 4.33. The summed E-state index contributed by atoms with van der Waals surface area (Å²) in [5.41, 5.74) is 5.00. The maximum absolute atomic E-state index is 9.26. The second-order valence-corrected chi connectivity index (χ2v) is 4.64. The fraction of sp³-hybridized carbons (Fsp3) is 0.250. The number of aryl methyl sites for hydroxylation is 2. The standard InChI is InChI=1S/C16H17N3O/c1-11-7-16(15(9-17)12(2)18-11)19-14-6-4-5-13(8-14)10-20-3/h4-8H,10H2,1-3H3,(H,18,19). The van der Waals surface area contributed by atoms with E-state index in [-0.39, 0.29) is 0 Å². The number of pyridine rings is 1. The molecule has 0 spiro atoms. The van der Waals surface area contributed by atoms with Gasteiger partial charge in [0, 0.05) is 18.5 Å². The second kappa shape index (κ2) is 6.18. The molecule has 0 aliphatic carbocycles. The van der Waals surface area contributed by atoms with Gasteiger partial charge in [0.2, 0.25) is 0 Å². The van der Waals surface area contributed by atoms with Gasteiger partial charge in [-0.3, -0.25) is 4.98 Å². The highest BCUT2D eigenvalue weighted by Crippen LogP contribution is 2.24. The van der Waals surface area contributed by atoms with Crippen LogP contribution in [0.15, 0.2) is 30.3 Å². The van der Waals surface area contributed by atoms with Crippen molar-refractivity contribution in [3.8, 4) is 6.07 Å². The lowest BCUT2D eigenvalue weighted by atomic mass is 10.1. The van der Waals surface area contributed by atoms with Gasteiger partial charge < -0.3 is 10.1 Å². The van der Waals surface area contributed by atoms with E-state index in [0.29, 0.717) is 12.2 Å². The summed E-state index contributed by atoms with van der Waals surface area (Å²) in [5.74, 6) is 0. The van der Waals surface area contributed by atoms with E-state index in [0.717, 1.165) is 28.3 Å². The van der Waals surface area contributed by atoms with Crippen LogP contribution in [-0.2, 0) is 11.3 Å². The average molecular weight is 267 g/mol. The van der Waals surface area contributed by atoms with Crippen LogP contribution in [0.1, 0.15) is 22.5 Å². The predicted octanol–water partition coefficient (Wildman–Crippen LogP) is 3.46. The van der Waals surface area contributed by atoms with Gasteiger partial charge >= 0.3 is 0 Å². The second-order valence-electron chi connectivity index (χ2n) is 4.64. The molecule has 102 valence electrons. The molecule has 2 rings (SSSR count). The van der Waals surface area contributed by atoms with Crippen molar-refractivity contribution in [1.29, 1.82) is 5.26 Å². The Bertz CT molecular complexity index is 659. The van der Waals surface area contributed by atoms with Crippen LogP contribution in [0.25, 0.3) is 0 Å². The lowest BCUT2D eigenvalue weighted by Gasteiger charge is -2.12. The van der Waals surface area contributed by atoms with Crippen molar-refractivity contribution in [2.45, 2.75) is 20.5 Å². The summed E-state index contributed by atoms with van der Waals surface area (Å²) in [5, 5.41) is 12.5. The Labute approximate surface area is 119 Å². The van der Waals surface area contributed by atoms with Crippen molar-refractivity contribution < 1.29 is 4.74 Å². The maximum atomic E-state index is 9.26. The van der Waals surface area contributed by atoms with Crippen LogP contribution in [-0.4, -0.2) is 12.1 Å². The Hall–Kier alpha value is -2.38. The summed E-state index contributed by atoms with van der Waals surface area (Å²) < 4.78 is 5.13. The number of anilines is 2. The van der Waals surface area contributed by atoms with E-state index < -0.39 is 0 Å². The Morgan fingerprint density at radius 2 is 2.10 bits per heavy atom. The summed E-state index contributed by atoms with van der Waals surface area (Å²) in [4.78, 5) is 4.31. The van der Waals surface area contributed by atoms with Crippen molar-refractivity contribution in [1.82, 2.24) is 4.98 Å². The normalized spacial score (nSPS) is 10.1. The number of nitrogens with zero attached hydrogens (tertiary/aromatic N) is 2. The molecular formula is C16H17N3O. The number of nitriles is 1. The summed E-state index contributed by atoms with van der Waals surface area (Å²) in [6, 6.07) is 12.0. The zero-order valence-corrected chi connectivity index (χ0v) is 11.9. The van der Waals surface area contributed by atoms with Crippen molar-refractivity contribution in [2.24, 2.45) is 0 Å². The highest BCUT2D eigenvalue weighted by Gasteiger charge is 2.08. The maximum Gasteiger partial charge on any atom is 0.103 e. The molecule has 0 aliphatic rings. The molecule has 1 aromatic heterocycles. The molecular weight excluding hydrogens is 250 g/mol. The molecule has 0 bridgehead atoms. The smallest absolute Gasteiger partial charge is 0.103 e. The Morgan fingerprint density at radius 1 is 1.30 bits per heavy atom. The van der Waals surface area contributed by atoms with Gasteiger partial charge in [-0.1, -0.05) is 12.1 Å². The van der Waals surface area contributed by atoms with Gasteiger partial charge in [-0.05, 0) is 37.6 Å². The molecule has 1 aromatic carbocycles. The molecule has 2 aromatic rings. The Balaban J connectivity index is 2.35. The van der Waals surface area contributed by atoms with Gasteiger partial charge in [-0.15, -0.1) is 0 Å². The molecule has 0 radical (unpaired) electrons. The molecule has 0 amide bonds. The topological polar surface area (TPSA) is 57.9 Å². The van der Waals surface area contributed by atoms with E-state index in [2.05, 4.69) is 16.4 Å². The van der Waals surface area contributed by atoms with Crippen LogP contribution >= 0.6 is 0 Å². The van der Waals surface area contributed by atoms with Crippen LogP contribution in [0.3, 0.4) is 0 Å². The van der Waals surface area contributed by atoms with Gasteiger partial charge in [-0.2, -0.15) is 5.26 Å². The lowest BCUT2D eigenvalue weighted by molar-refractivity contribution is 0.185. The van der Waals surface area contributed by atoms with Crippen molar-refractivity contribution in [3.05, 3.63) is 52.8 Å². The predicted molar refractivity (Wildman–Crippen MR) is 78.9 cm³/mol. The van der Waals surface area contributed by atoms with Crippen LogP contribution in [0, 0.1) is 25.2 Å². The fourth-order valence-electron chi connectivity index (χ4n) is 2.13. The first-order valence-corrected chi connectivity index (χ1v) is 6.37. The SMILES string of the molecule is COCc1cccc(Nc2cc(C)nc(C)c2C#N)c1. The monoisotopic (exact) mass is 267 g/mol. The minimum Gasteiger partial charge on any atom is -0.380 e. The van der Waals surface area contributed by atoms with E-state index >= 15 is 0 Å². The van der Waals surface area contributed by atoms with Gasteiger partial charge in [0.1, 0.15) is 6.07 Å². The number of aromatic nitrogens is 1. The molecule has 1 N–H and O–H groups in total. The van der Waals surface area contributed by atoms with Gasteiger partial charge in [0.05, 0.1) is 23.6 Å². The van der Waals surface area contributed by atoms with Crippen molar-refractivity contribution >= 4 is 11.4 Å². The van der Waals surface area contributed by atoms with Crippen molar-refractivity contribution in [3.63, 3.8) is 0 Å². The molecule has 0 saturated carbocycles. The molecule has 0 atom stereocenters. The highest BCUT2D eigenvalue weighted by atomic mass is 16.5. The molecule has 4 nitrogen and oxygen atoms in total. The molecule has 4 heteroatoms. The van der Waals surface area contributed by atoms with E-state index in [1.54, 1.807) is 7.11 Å². The van der Waals surface area contributed by atoms with Crippen LogP contribution in [0.4, 0.5) is 11.4 Å². The minimum atomic E-state index is 0.565. The van der Waals surface area contributed by atoms with Crippen LogP contribution < -0.4 is 5.32 Å². The van der Waals surface area contributed by atoms with E-state index in [9.17, 15) is 5.26 Å². The summed E-state index contributed by atoms with van der Waals surface area (Å²) in [6.07, 6.45) is 0. The first-order valence-electron chi connectivity index (χ1n) is 6.37. The van der Waals surface area contributed by atoms with Gasteiger partial charge in [0.15, 0.2) is 0 Å². The largest absolute Gasteiger partial charge is 0.380 e. The van der Waals surface area contributed by atoms with E-state index in [1.165, 1.54) is 0 Å². The number of benzene rings is 1. The fourth-order valence-corrected chi connectivity index (χ4v) is 2.13. The quantitative estimate of drug-likeness (QED) is 0.921. The molecule has 0 fully saturated rings. The molecule has 0 saturated heterocycles. The van der Waals surface area contributed by atoms with Crippen LogP contribution in [0.5, 0.6) is 0 Å². The first kappa shape index (κ1) is 14.0. The third-order valence-corrected chi connectivity index (χ3v) is 2.96. The van der Waals surface area contributed by atoms with E-state index in [4.69, 9.17) is 4.74 Å². The Kier molecular flexibility index (Phi) is 4.34. The summed E-state index contributed by atoms with van der Waals surface area (Å²) in [7, 11) is 1.67. The van der Waals surface area contributed by atoms with Crippen molar-refractivity contribution in [2.75, 3.05) is 12.4 Å². The number of hydrogen-bond donors (Lipinski definition) is 1. The minimum absolute atomic E-state index is 0.565. The molecule has 1 heterocycles. The Morgan fingerprint density at radius 3 is 2.80 bits per heavy atom. The first-order chi connectivity index (χ1) is 9.63. The molecule has 0 aliphatic heterocycles. The average Bonchev–Trinajstić information content (AvgIpc) is 2.39.